The average molecular weight is 541 g/mol. The van der Waals surface area contributed by atoms with Crippen LogP contribution in [0.3, 0.4) is 0 Å². The lowest BCUT2D eigenvalue weighted by atomic mass is 10.1. The smallest absolute Gasteiger partial charge is 0.251 e. The summed E-state index contributed by atoms with van der Waals surface area (Å²) >= 11 is 0. The van der Waals surface area contributed by atoms with E-state index in [0.29, 0.717) is 18.7 Å². The highest BCUT2D eigenvalue weighted by Crippen LogP contribution is 2.05. The van der Waals surface area contributed by atoms with Crippen LogP contribution in [0.5, 0.6) is 0 Å². The van der Waals surface area contributed by atoms with Crippen LogP contribution in [0.1, 0.15) is 33.7 Å². The zero-order valence-electron chi connectivity index (χ0n) is 19.2. The van der Waals surface area contributed by atoms with Crippen LogP contribution in [-0.2, 0) is 13.1 Å². The van der Waals surface area contributed by atoms with Gasteiger partial charge in [0.15, 0.2) is 5.96 Å². The van der Waals surface area contributed by atoms with E-state index in [1.54, 1.807) is 7.05 Å². The van der Waals surface area contributed by atoms with Crippen molar-refractivity contribution in [2.75, 3.05) is 40.8 Å². The Kier molecular flexibility index (Phi) is 12.2. The second kappa shape index (κ2) is 14.0. The highest BCUT2D eigenvalue weighted by atomic mass is 127. The van der Waals surface area contributed by atoms with Crippen LogP contribution in [0.15, 0.2) is 35.3 Å². The third kappa shape index (κ3) is 9.69. The van der Waals surface area contributed by atoms with Gasteiger partial charge in [0.2, 0.25) is 0 Å². The average Bonchev–Trinajstić information content (AvgIpc) is 3.04. The van der Waals surface area contributed by atoms with Gasteiger partial charge in [0.25, 0.3) is 5.91 Å². The first-order chi connectivity index (χ1) is 14.4. The van der Waals surface area contributed by atoms with Crippen LogP contribution < -0.4 is 16.0 Å². The Balaban J connectivity index is 0.00000480. The highest BCUT2D eigenvalue weighted by Gasteiger charge is 2.07. The van der Waals surface area contributed by atoms with E-state index < -0.39 is 0 Å². The molecule has 0 unspecified atom stereocenters. The van der Waals surface area contributed by atoms with Gasteiger partial charge in [-0.25, -0.2) is 0 Å². The van der Waals surface area contributed by atoms with Gasteiger partial charge in [-0.2, -0.15) is 5.10 Å². The fourth-order valence-corrected chi connectivity index (χ4v) is 3.06. The van der Waals surface area contributed by atoms with E-state index in [4.69, 9.17) is 0 Å². The predicted molar refractivity (Wildman–Crippen MR) is 137 cm³/mol. The number of aliphatic imine (C=N–C) groups is 1. The highest BCUT2D eigenvalue weighted by molar-refractivity contribution is 14.0. The maximum Gasteiger partial charge on any atom is 0.251 e. The zero-order chi connectivity index (χ0) is 21.9. The molecule has 0 saturated heterocycles. The molecule has 1 aromatic heterocycles. The van der Waals surface area contributed by atoms with Crippen LogP contribution in [0.25, 0.3) is 0 Å². The monoisotopic (exact) mass is 541 g/mol. The van der Waals surface area contributed by atoms with Gasteiger partial charge >= 0.3 is 0 Å². The van der Waals surface area contributed by atoms with Gasteiger partial charge in [0.05, 0.1) is 5.69 Å². The molecule has 0 aliphatic carbocycles. The molecule has 0 radical (unpaired) electrons. The molecule has 0 fully saturated rings. The topological polar surface area (TPSA) is 86.6 Å². The lowest BCUT2D eigenvalue weighted by Gasteiger charge is -2.13. The van der Waals surface area contributed by atoms with Crippen LogP contribution in [0, 0.1) is 13.8 Å². The Bertz CT molecular complexity index is 848. The Morgan fingerprint density at radius 2 is 1.90 bits per heavy atom. The molecule has 172 valence electrons. The van der Waals surface area contributed by atoms with Crippen molar-refractivity contribution in [1.29, 1.82) is 0 Å². The molecule has 2 aromatic rings. The first-order valence-corrected chi connectivity index (χ1v) is 10.4. The summed E-state index contributed by atoms with van der Waals surface area (Å²) in [7, 11) is 5.72. The Morgan fingerprint density at radius 3 is 2.55 bits per heavy atom. The zero-order valence-corrected chi connectivity index (χ0v) is 21.6. The van der Waals surface area contributed by atoms with E-state index in [1.165, 1.54) is 5.69 Å². The first-order valence-electron chi connectivity index (χ1n) is 10.4. The quantitative estimate of drug-likeness (QED) is 0.186. The van der Waals surface area contributed by atoms with Crippen LogP contribution >= 0.6 is 24.0 Å². The number of aromatic nitrogens is 2. The lowest BCUT2D eigenvalue weighted by Crippen LogP contribution is -2.37. The minimum absolute atomic E-state index is 0. The molecule has 0 aliphatic rings. The molecule has 0 bridgehead atoms. The number of carbonyl (C=O) groups excluding carboxylic acids is 1. The van der Waals surface area contributed by atoms with E-state index >= 15 is 0 Å². The molecule has 0 saturated carbocycles. The number of amides is 1. The molecule has 8 nitrogen and oxygen atoms in total. The number of nitrogens with zero attached hydrogens (tertiary/aromatic N) is 4. The Morgan fingerprint density at radius 1 is 1.13 bits per heavy atom. The normalized spacial score (nSPS) is 11.2. The molecule has 0 spiro atoms. The van der Waals surface area contributed by atoms with Crippen molar-refractivity contribution < 1.29 is 4.79 Å². The van der Waals surface area contributed by atoms with Gasteiger partial charge in [-0.1, -0.05) is 12.1 Å². The number of aryl methyl sites for hydroxylation is 3. The summed E-state index contributed by atoms with van der Waals surface area (Å²) in [5.41, 5.74) is 3.92. The maximum atomic E-state index is 12.3. The van der Waals surface area contributed by atoms with E-state index in [2.05, 4.69) is 39.0 Å². The number of guanidine groups is 1. The number of hydrogen-bond acceptors (Lipinski definition) is 4. The predicted octanol–water partition coefficient (Wildman–Crippen LogP) is 2.16. The summed E-state index contributed by atoms with van der Waals surface area (Å²) in [6, 6.07) is 9.74. The van der Waals surface area contributed by atoms with E-state index in [-0.39, 0.29) is 29.9 Å². The second-order valence-electron chi connectivity index (χ2n) is 7.62. The molecule has 0 aliphatic heterocycles. The number of hydrogen-bond donors (Lipinski definition) is 3. The third-order valence-corrected chi connectivity index (χ3v) is 4.66. The number of likely N-dealkylation sites (N-methyl/N-ethyl adjacent to an activating group) is 1. The van der Waals surface area contributed by atoms with Gasteiger partial charge in [-0.15, -0.1) is 24.0 Å². The summed E-state index contributed by atoms with van der Waals surface area (Å²) in [5.74, 6) is 0.689. The van der Waals surface area contributed by atoms with Crippen LogP contribution in [0.4, 0.5) is 0 Å². The van der Waals surface area contributed by atoms with Crippen molar-refractivity contribution in [3.05, 3.63) is 52.8 Å². The molecule has 1 aromatic carbocycles. The summed E-state index contributed by atoms with van der Waals surface area (Å²) < 4.78 is 2.03. The van der Waals surface area contributed by atoms with Gasteiger partial charge < -0.3 is 20.9 Å². The van der Waals surface area contributed by atoms with Gasteiger partial charge in [-0.05, 0) is 58.1 Å². The van der Waals surface area contributed by atoms with E-state index in [1.807, 2.05) is 54.9 Å². The fourth-order valence-electron chi connectivity index (χ4n) is 3.06. The standard InChI is InChI=1S/C22H35N7O.HI/c1-17-14-18(2)29(27-17)12-7-10-25-22(23-3)26-16-19-8-6-9-20(15-19)21(30)24-11-13-28(4)5;/h6,8-9,14-15H,7,10-13,16H2,1-5H3,(H,24,30)(H2,23,25,26);1H. The minimum Gasteiger partial charge on any atom is -0.356 e. The fraction of sp³-hybridized carbons (Fsp3) is 0.500. The Hall–Kier alpha value is -2.14. The molecular weight excluding hydrogens is 505 g/mol. The molecule has 3 N–H and O–H groups in total. The van der Waals surface area contributed by atoms with Crippen molar-refractivity contribution in [2.45, 2.75) is 33.4 Å². The Labute approximate surface area is 202 Å². The van der Waals surface area contributed by atoms with E-state index in [0.717, 1.165) is 43.3 Å². The molecule has 9 heteroatoms. The lowest BCUT2D eigenvalue weighted by molar-refractivity contribution is 0.0951. The number of benzene rings is 1. The number of halogens is 1. The molecule has 0 atom stereocenters. The van der Waals surface area contributed by atoms with Crippen molar-refractivity contribution in [2.24, 2.45) is 4.99 Å². The number of nitrogens with one attached hydrogen (secondary N) is 3. The molecule has 1 heterocycles. The first kappa shape index (κ1) is 26.9. The van der Waals surface area contributed by atoms with Crippen LogP contribution in [-0.4, -0.2) is 67.3 Å². The summed E-state index contributed by atoms with van der Waals surface area (Å²) in [4.78, 5) is 18.6. The van der Waals surface area contributed by atoms with E-state index in [9.17, 15) is 4.79 Å². The van der Waals surface area contributed by atoms with Gasteiger partial charge in [0.1, 0.15) is 0 Å². The second-order valence-corrected chi connectivity index (χ2v) is 7.62. The minimum atomic E-state index is -0.0506. The number of carbonyl (C=O) groups is 1. The summed E-state index contributed by atoms with van der Waals surface area (Å²) in [6.07, 6.45) is 0.950. The van der Waals surface area contributed by atoms with Gasteiger partial charge in [0, 0.05) is 51.0 Å². The molecule has 2 rings (SSSR count). The third-order valence-electron chi connectivity index (χ3n) is 4.66. The number of rotatable bonds is 10. The molecule has 1 amide bonds. The summed E-state index contributed by atoms with van der Waals surface area (Å²) in [6.45, 7) is 7.79. The summed E-state index contributed by atoms with van der Waals surface area (Å²) in [5, 5.41) is 14.1. The van der Waals surface area contributed by atoms with Crippen molar-refractivity contribution in [3.8, 4) is 0 Å². The van der Waals surface area contributed by atoms with Gasteiger partial charge in [-0.3, -0.25) is 14.5 Å². The van der Waals surface area contributed by atoms with Crippen molar-refractivity contribution in [3.63, 3.8) is 0 Å². The van der Waals surface area contributed by atoms with Crippen LogP contribution in [0.2, 0.25) is 0 Å². The van der Waals surface area contributed by atoms with Crippen molar-refractivity contribution >= 4 is 35.8 Å². The maximum absolute atomic E-state index is 12.3. The largest absolute Gasteiger partial charge is 0.356 e. The SMILES string of the molecule is CN=C(NCCCn1nc(C)cc1C)NCc1cccc(C(=O)NCCN(C)C)c1.I. The van der Waals surface area contributed by atoms with Crippen molar-refractivity contribution in [1.82, 2.24) is 30.6 Å². The molecule has 31 heavy (non-hydrogen) atoms. The molecular formula is C22H36IN7O.